The molecule has 0 fully saturated rings. The summed E-state index contributed by atoms with van der Waals surface area (Å²) in [7, 11) is 1.33. The van der Waals surface area contributed by atoms with E-state index in [1.54, 1.807) is 0 Å². The maximum atomic E-state index is 13.0. The summed E-state index contributed by atoms with van der Waals surface area (Å²) in [6.45, 7) is 8.79. The van der Waals surface area contributed by atoms with Gasteiger partial charge in [0.2, 0.25) is 0 Å². The predicted octanol–water partition coefficient (Wildman–Crippen LogP) is 5.00. The smallest absolute Gasteiger partial charge is 0.347 e. The summed E-state index contributed by atoms with van der Waals surface area (Å²) in [4.78, 5) is 14.9. The van der Waals surface area contributed by atoms with Crippen LogP contribution in [-0.4, -0.2) is 46.3 Å². The van der Waals surface area contributed by atoms with Crippen molar-refractivity contribution in [3.8, 4) is 0 Å². The molecular weight excluding hydrogens is 437 g/mol. The summed E-state index contributed by atoms with van der Waals surface area (Å²) in [5.41, 5.74) is -1.21. The van der Waals surface area contributed by atoms with Crippen LogP contribution in [0.1, 0.15) is 75.5 Å². The highest BCUT2D eigenvalue weighted by molar-refractivity contribution is 9.10. The molecule has 0 radical (unpaired) electrons. The van der Waals surface area contributed by atoms with Crippen LogP contribution in [0.15, 0.2) is 4.47 Å². The minimum Gasteiger partial charge on any atom is -0.347 e. The fourth-order valence-corrected chi connectivity index (χ4v) is 3.86. The van der Waals surface area contributed by atoms with Crippen LogP contribution in [0, 0.1) is 0 Å². The van der Waals surface area contributed by atoms with Crippen LogP contribution in [0.4, 0.5) is 13.2 Å². The predicted molar refractivity (Wildman–Crippen MR) is 108 cm³/mol. The van der Waals surface area contributed by atoms with Crippen molar-refractivity contribution >= 4 is 21.8 Å². The number of rotatable bonds is 12. The number of alkyl halides is 3. The van der Waals surface area contributed by atoms with Crippen LogP contribution in [0.2, 0.25) is 0 Å². The van der Waals surface area contributed by atoms with E-state index < -0.39 is 17.8 Å². The standard InChI is InChI=1S/C19H32BrF3N4O/c1-5-7-9-11-27(12-10-8-6-2)13-14(3)24-18(28)16-15(20)17(19(21,22)23)25-26(16)4/h14H,5-13H2,1-4H3,(H,24,28). The van der Waals surface area contributed by atoms with Crippen LogP contribution in [0.3, 0.4) is 0 Å². The molecule has 0 saturated carbocycles. The maximum absolute atomic E-state index is 13.0. The zero-order valence-electron chi connectivity index (χ0n) is 17.2. The average Bonchev–Trinajstić information content (AvgIpc) is 2.89. The van der Waals surface area contributed by atoms with Crippen molar-refractivity contribution in [3.05, 3.63) is 15.9 Å². The molecule has 9 heteroatoms. The Labute approximate surface area is 174 Å². The summed E-state index contributed by atoms with van der Waals surface area (Å²) in [6.07, 6.45) is 2.20. The van der Waals surface area contributed by atoms with Gasteiger partial charge in [-0.2, -0.15) is 18.3 Å². The normalized spacial score (nSPS) is 13.2. The van der Waals surface area contributed by atoms with Crippen LogP contribution < -0.4 is 5.32 Å². The first-order chi connectivity index (χ1) is 13.1. The molecule has 1 atom stereocenters. The Balaban J connectivity index is 2.74. The maximum Gasteiger partial charge on any atom is 0.436 e. The SMILES string of the molecule is CCCCCN(CCCCC)CC(C)NC(=O)c1c(Br)c(C(F)(F)F)nn1C. The molecule has 1 aromatic heterocycles. The Kier molecular flexibility index (Phi) is 10.5. The highest BCUT2D eigenvalue weighted by Crippen LogP contribution is 2.35. The van der Waals surface area contributed by atoms with Crippen LogP contribution >= 0.6 is 15.9 Å². The molecule has 1 aromatic rings. The second-order valence-electron chi connectivity index (χ2n) is 7.22. The van der Waals surface area contributed by atoms with E-state index in [1.807, 2.05) is 6.92 Å². The molecule has 0 aliphatic carbocycles. The summed E-state index contributed by atoms with van der Waals surface area (Å²) >= 11 is 2.89. The van der Waals surface area contributed by atoms with E-state index in [2.05, 4.69) is 45.1 Å². The minimum absolute atomic E-state index is 0.123. The van der Waals surface area contributed by atoms with Crippen molar-refractivity contribution in [2.24, 2.45) is 7.05 Å². The number of carbonyl (C=O) groups is 1. The van der Waals surface area contributed by atoms with Gasteiger partial charge >= 0.3 is 6.18 Å². The fraction of sp³-hybridized carbons (Fsp3) is 0.789. The third-order valence-corrected chi connectivity index (χ3v) is 5.29. The topological polar surface area (TPSA) is 50.2 Å². The van der Waals surface area contributed by atoms with Crippen molar-refractivity contribution < 1.29 is 18.0 Å². The van der Waals surface area contributed by atoms with Gasteiger partial charge in [-0.05, 0) is 48.8 Å². The van der Waals surface area contributed by atoms with Crippen LogP contribution in [0.5, 0.6) is 0 Å². The Morgan fingerprint density at radius 1 is 1.18 bits per heavy atom. The molecule has 0 bridgehead atoms. The number of hydrogen-bond acceptors (Lipinski definition) is 3. The van der Waals surface area contributed by atoms with Gasteiger partial charge in [0.1, 0.15) is 5.69 Å². The van der Waals surface area contributed by atoms with Crippen molar-refractivity contribution in [2.45, 2.75) is 71.5 Å². The van der Waals surface area contributed by atoms with Crippen LogP contribution in [-0.2, 0) is 13.2 Å². The van der Waals surface area contributed by atoms with Crippen molar-refractivity contribution in [3.63, 3.8) is 0 Å². The Morgan fingerprint density at radius 3 is 2.14 bits per heavy atom. The lowest BCUT2D eigenvalue weighted by molar-refractivity contribution is -0.142. The number of aryl methyl sites for hydroxylation is 1. The lowest BCUT2D eigenvalue weighted by Gasteiger charge is -2.26. The Morgan fingerprint density at radius 2 is 1.71 bits per heavy atom. The molecular formula is C19H32BrF3N4O. The number of hydrogen-bond donors (Lipinski definition) is 1. The van der Waals surface area contributed by atoms with Gasteiger partial charge in [-0.25, -0.2) is 0 Å². The summed E-state index contributed by atoms with van der Waals surface area (Å²) < 4.78 is 39.6. The van der Waals surface area contributed by atoms with Gasteiger partial charge in [0.15, 0.2) is 5.69 Å². The molecule has 0 spiro atoms. The average molecular weight is 469 g/mol. The van der Waals surface area contributed by atoms with E-state index in [9.17, 15) is 18.0 Å². The van der Waals surface area contributed by atoms with E-state index in [0.717, 1.165) is 56.3 Å². The summed E-state index contributed by atoms with van der Waals surface area (Å²) in [6, 6.07) is -0.188. The van der Waals surface area contributed by atoms with Gasteiger partial charge in [-0.15, -0.1) is 0 Å². The minimum atomic E-state index is -4.61. The molecule has 0 aliphatic heterocycles. The van der Waals surface area contributed by atoms with Gasteiger partial charge < -0.3 is 10.2 Å². The van der Waals surface area contributed by atoms with Crippen LogP contribution in [0.25, 0.3) is 0 Å². The number of nitrogens with zero attached hydrogens (tertiary/aromatic N) is 3. The largest absolute Gasteiger partial charge is 0.436 e. The highest BCUT2D eigenvalue weighted by Gasteiger charge is 2.39. The van der Waals surface area contributed by atoms with Gasteiger partial charge in [0, 0.05) is 19.6 Å². The molecule has 0 aliphatic rings. The van der Waals surface area contributed by atoms with Crippen molar-refractivity contribution in [2.75, 3.05) is 19.6 Å². The molecule has 0 saturated heterocycles. The van der Waals surface area contributed by atoms with Gasteiger partial charge in [0.25, 0.3) is 5.91 Å². The molecule has 162 valence electrons. The number of amides is 1. The number of halogens is 4. The Hall–Kier alpha value is -1.09. The molecule has 1 rings (SSSR count). The fourth-order valence-electron chi connectivity index (χ4n) is 3.12. The first kappa shape index (κ1) is 24.9. The van der Waals surface area contributed by atoms with Gasteiger partial charge in [0.05, 0.1) is 4.47 Å². The third-order valence-electron chi connectivity index (χ3n) is 4.54. The zero-order valence-corrected chi connectivity index (χ0v) is 18.8. The summed E-state index contributed by atoms with van der Waals surface area (Å²) in [5, 5.41) is 6.26. The third kappa shape index (κ3) is 7.73. The first-order valence-electron chi connectivity index (χ1n) is 9.94. The van der Waals surface area contributed by atoms with Crippen molar-refractivity contribution in [1.82, 2.24) is 20.0 Å². The molecule has 5 nitrogen and oxygen atoms in total. The first-order valence-corrected chi connectivity index (χ1v) is 10.7. The summed E-state index contributed by atoms with van der Waals surface area (Å²) in [5.74, 6) is -0.563. The van der Waals surface area contributed by atoms with E-state index in [0.29, 0.717) is 6.54 Å². The molecule has 1 amide bonds. The molecule has 0 aromatic carbocycles. The quantitative estimate of drug-likeness (QED) is 0.439. The lowest BCUT2D eigenvalue weighted by Crippen LogP contribution is -2.43. The second-order valence-corrected chi connectivity index (χ2v) is 8.01. The van der Waals surface area contributed by atoms with E-state index in [-0.39, 0.29) is 16.2 Å². The molecule has 28 heavy (non-hydrogen) atoms. The number of unbranched alkanes of at least 4 members (excludes halogenated alkanes) is 4. The molecule has 1 heterocycles. The van der Waals surface area contributed by atoms with E-state index in [4.69, 9.17) is 0 Å². The van der Waals surface area contributed by atoms with Crippen molar-refractivity contribution in [1.29, 1.82) is 0 Å². The zero-order chi connectivity index (χ0) is 21.3. The monoisotopic (exact) mass is 468 g/mol. The Bertz CT molecular complexity index is 609. The highest BCUT2D eigenvalue weighted by atomic mass is 79.9. The number of carbonyl (C=O) groups excluding carboxylic acids is 1. The molecule has 1 unspecified atom stereocenters. The number of nitrogens with one attached hydrogen (secondary N) is 1. The van der Waals surface area contributed by atoms with E-state index in [1.165, 1.54) is 7.05 Å². The second kappa shape index (κ2) is 11.8. The molecule has 1 N–H and O–H groups in total. The lowest BCUT2D eigenvalue weighted by atomic mass is 10.2. The van der Waals surface area contributed by atoms with E-state index >= 15 is 0 Å². The van der Waals surface area contributed by atoms with Gasteiger partial charge in [-0.3, -0.25) is 9.48 Å². The van der Waals surface area contributed by atoms with Gasteiger partial charge in [-0.1, -0.05) is 39.5 Å². The number of aromatic nitrogens is 2.